The number of oxazole rings is 1. The van der Waals surface area contributed by atoms with E-state index < -0.39 is 0 Å². The fourth-order valence-electron chi connectivity index (χ4n) is 2.09. The van der Waals surface area contributed by atoms with E-state index in [1.165, 1.54) is 6.42 Å². The predicted molar refractivity (Wildman–Crippen MR) is 96.7 cm³/mol. The van der Waals surface area contributed by atoms with E-state index in [1.54, 1.807) is 6.20 Å². The summed E-state index contributed by atoms with van der Waals surface area (Å²) in [5, 5.41) is 6.73. The first-order valence-electron chi connectivity index (χ1n) is 8.72. The zero-order chi connectivity index (χ0) is 17.5. The molecule has 0 aliphatic rings. The molecule has 5 heteroatoms. The van der Waals surface area contributed by atoms with Crippen LogP contribution in [0.1, 0.15) is 73.0 Å². The van der Waals surface area contributed by atoms with E-state index in [0.717, 1.165) is 30.6 Å². The van der Waals surface area contributed by atoms with Crippen molar-refractivity contribution in [1.29, 1.82) is 0 Å². The summed E-state index contributed by atoms with van der Waals surface area (Å²) in [7, 11) is 0. The second kappa shape index (κ2) is 8.94. The molecule has 2 N–H and O–H groups in total. The average Bonchev–Trinajstić information content (AvgIpc) is 2.92. The van der Waals surface area contributed by atoms with Gasteiger partial charge in [-0.05, 0) is 32.6 Å². The Morgan fingerprint density at radius 2 is 1.96 bits per heavy atom. The lowest BCUT2D eigenvalue weighted by Crippen LogP contribution is -2.42. The molecular formula is C18H34N4O. The van der Waals surface area contributed by atoms with Crippen LogP contribution in [-0.2, 0) is 12.0 Å². The van der Waals surface area contributed by atoms with Crippen molar-refractivity contribution < 1.29 is 4.42 Å². The molecule has 0 radical (unpaired) electrons. The molecule has 0 saturated carbocycles. The Morgan fingerprint density at radius 3 is 2.48 bits per heavy atom. The predicted octanol–water partition coefficient (Wildman–Crippen LogP) is 3.85. The van der Waals surface area contributed by atoms with Crippen molar-refractivity contribution in [2.75, 3.05) is 6.54 Å². The van der Waals surface area contributed by atoms with Gasteiger partial charge in [0.05, 0.1) is 6.20 Å². The van der Waals surface area contributed by atoms with Crippen molar-refractivity contribution in [1.82, 2.24) is 15.6 Å². The summed E-state index contributed by atoms with van der Waals surface area (Å²) >= 11 is 0. The number of hydrogen-bond donors (Lipinski definition) is 2. The Hall–Kier alpha value is -1.52. The zero-order valence-corrected chi connectivity index (χ0v) is 15.9. The minimum atomic E-state index is -0.0247. The number of rotatable bonds is 7. The standard InChI is InChI=1S/C18H34N4O/c1-8-19-17(22-14(4)10-9-13(2)3)21-12-16-20-11-15(23-16)18(5,6)7/h11,13-14H,8-10,12H2,1-7H3,(H2,19,21,22). The summed E-state index contributed by atoms with van der Waals surface area (Å²) in [4.78, 5) is 8.91. The van der Waals surface area contributed by atoms with Crippen LogP contribution in [0.25, 0.3) is 0 Å². The first kappa shape index (κ1) is 19.5. The molecule has 0 amide bonds. The zero-order valence-electron chi connectivity index (χ0n) is 15.9. The normalized spacial score (nSPS) is 14.2. The summed E-state index contributed by atoms with van der Waals surface area (Å²) in [5.41, 5.74) is -0.0247. The molecule has 1 aromatic rings. The van der Waals surface area contributed by atoms with Crippen molar-refractivity contribution in [3.63, 3.8) is 0 Å². The Morgan fingerprint density at radius 1 is 1.26 bits per heavy atom. The maximum Gasteiger partial charge on any atom is 0.216 e. The number of nitrogens with one attached hydrogen (secondary N) is 2. The van der Waals surface area contributed by atoms with Crippen LogP contribution in [-0.4, -0.2) is 23.5 Å². The topological polar surface area (TPSA) is 62.5 Å². The van der Waals surface area contributed by atoms with Gasteiger partial charge in [-0.15, -0.1) is 0 Å². The first-order chi connectivity index (χ1) is 10.7. The van der Waals surface area contributed by atoms with Crippen molar-refractivity contribution in [2.45, 2.75) is 79.3 Å². The van der Waals surface area contributed by atoms with Crippen LogP contribution < -0.4 is 10.6 Å². The maximum atomic E-state index is 5.79. The van der Waals surface area contributed by atoms with E-state index in [4.69, 9.17) is 4.42 Å². The molecule has 132 valence electrons. The fourth-order valence-corrected chi connectivity index (χ4v) is 2.09. The molecule has 0 saturated heterocycles. The second-order valence-corrected chi connectivity index (χ2v) is 7.58. The van der Waals surface area contributed by atoms with E-state index in [-0.39, 0.29) is 5.41 Å². The van der Waals surface area contributed by atoms with E-state index in [0.29, 0.717) is 18.5 Å². The molecule has 1 unspecified atom stereocenters. The van der Waals surface area contributed by atoms with Gasteiger partial charge in [-0.25, -0.2) is 9.98 Å². The number of guanidine groups is 1. The summed E-state index contributed by atoms with van der Waals surface area (Å²) in [6.07, 6.45) is 4.15. The molecular weight excluding hydrogens is 288 g/mol. The molecule has 23 heavy (non-hydrogen) atoms. The van der Waals surface area contributed by atoms with Gasteiger partial charge in [0.25, 0.3) is 0 Å². The smallest absolute Gasteiger partial charge is 0.216 e. The Balaban J connectivity index is 2.62. The van der Waals surface area contributed by atoms with Gasteiger partial charge in [0, 0.05) is 18.0 Å². The van der Waals surface area contributed by atoms with Gasteiger partial charge in [-0.2, -0.15) is 0 Å². The van der Waals surface area contributed by atoms with Gasteiger partial charge >= 0.3 is 0 Å². The highest BCUT2D eigenvalue weighted by Gasteiger charge is 2.19. The van der Waals surface area contributed by atoms with Crippen LogP contribution in [0.2, 0.25) is 0 Å². The molecule has 0 bridgehead atoms. The molecule has 0 fully saturated rings. The lowest BCUT2D eigenvalue weighted by Gasteiger charge is -2.18. The molecule has 1 aromatic heterocycles. The third-order valence-corrected chi connectivity index (χ3v) is 3.57. The van der Waals surface area contributed by atoms with E-state index in [9.17, 15) is 0 Å². The van der Waals surface area contributed by atoms with Crippen molar-refractivity contribution in [3.8, 4) is 0 Å². The van der Waals surface area contributed by atoms with Gasteiger partial charge in [-0.1, -0.05) is 34.6 Å². The van der Waals surface area contributed by atoms with E-state index in [1.807, 2.05) is 0 Å². The summed E-state index contributed by atoms with van der Waals surface area (Å²) in [5.74, 6) is 3.09. The minimum absolute atomic E-state index is 0.0247. The molecule has 0 aromatic carbocycles. The molecule has 0 aliphatic carbocycles. The SMILES string of the molecule is CCNC(=NCc1ncc(C(C)(C)C)o1)NC(C)CCC(C)C. The monoisotopic (exact) mass is 322 g/mol. The van der Waals surface area contributed by atoms with Gasteiger partial charge in [0.1, 0.15) is 12.3 Å². The van der Waals surface area contributed by atoms with Crippen LogP contribution in [0.4, 0.5) is 0 Å². The molecule has 0 aliphatic heterocycles. The molecule has 1 heterocycles. The number of nitrogens with zero attached hydrogens (tertiary/aromatic N) is 2. The van der Waals surface area contributed by atoms with E-state index in [2.05, 4.69) is 69.1 Å². The van der Waals surface area contributed by atoms with Gasteiger partial charge in [0.15, 0.2) is 5.96 Å². The van der Waals surface area contributed by atoms with Gasteiger partial charge in [0.2, 0.25) is 5.89 Å². The highest BCUT2D eigenvalue weighted by atomic mass is 16.4. The Bertz CT molecular complexity index is 485. The molecule has 1 atom stereocenters. The quantitative estimate of drug-likeness (QED) is 0.591. The van der Waals surface area contributed by atoms with Crippen LogP contribution in [0.3, 0.4) is 0 Å². The third-order valence-electron chi connectivity index (χ3n) is 3.57. The lowest BCUT2D eigenvalue weighted by molar-refractivity contribution is 0.383. The summed E-state index contributed by atoms with van der Waals surface area (Å²) in [6, 6.07) is 0.393. The highest BCUT2D eigenvalue weighted by molar-refractivity contribution is 5.79. The van der Waals surface area contributed by atoms with Crippen molar-refractivity contribution in [3.05, 3.63) is 17.8 Å². The third kappa shape index (κ3) is 7.53. The van der Waals surface area contributed by atoms with Crippen LogP contribution in [0.15, 0.2) is 15.6 Å². The fraction of sp³-hybridized carbons (Fsp3) is 0.778. The minimum Gasteiger partial charge on any atom is -0.443 e. The van der Waals surface area contributed by atoms with Crippen LogP contribution in [0, 0.1) is 5.92 Å². The van der Waals surface area contributed by atoms with E-state index >= 15 is 0 Å². The Kier molecular flexibility index (Phi) is 7.59. The summed E-state index contributed by atoms with van der Waals surface area (Å²) < 4.78 is 5.79. The van der Waals surface area contributed by atoms with Gasteiger partial charge in [-0.3, -0.25) is 0 Å². The number of aliphatic imine (C=N–C) groups is 1. The van der Waals surface area contributed by atoms with Crippen LogP contribution >= 0.6 is 0 Å². The number of aromatic nitrogens is 1. The average molecular weight is 322 g/mol. The molecule has 1 rings (SSSR count). The first-order valence-corrected chi connectivity index (χ1v) is 8.72. The second-order valence-electron chi connectivity index (χ2n) is 7.58. The maximum absolute atomic E-state index is 5.79. The highest BCUT2D eigenvalue weighted by Crippen LogP contribution is 2.22. The summed E-state index contributed by atoms with van der Waals surface area (Å²) in [6.45, 7) is 16.4. The molecule has 0 spiro atoms. The Labute approximate surface area is 141 Å². The molecule has 5 nitrogen and oxygen atoms in total. The van der Waals surface area contributed by atoms with Crippen molar-refractivity contribution >= 4 is 5.96 Å². The van der Waals surface area contributed by atoms with Crippen molar-refractivity contribution in [2.24, 2.45) is 10.9 Å². The lowest BCUT2D eigenvalue weighted by atomic mass is 9.94. The van der Waals surface area contributed by atoms with Gasteiger partial charge < -0.3 is 15.1 Å². The largest absolute Gasteiger partial charge is 0.443 e. The number of hydrogen-bond acceptors (Lipinski definition) is 3. The van der Waals surface area contributed by atoms with Crippen LogP contribution in [0.5, 0.6) is 0 Å².